The lowest BCUT2D eigenvalue weighted by Crippen LogP contribution is -2.33. The summed E-state index contributed by atoms with van der Waals surface area (Å²) in [7, 11) is 5.99. The van der Waals surface area contributed by atoms with Crippen LogP contribution in [0.4, 0.5) is 10.1 Å². The summed E-state index contributed by atoms with van der Waals surface area (Å²) in [6.07, 6.45) is 0.488. The van der Waals surface area contributed by atoms with Gasteiger partial charge in [0.2, 0.25) is 5.75 Å². The van der Waals surface area contributed by atoms with E-state index in [0.29, 0.717) is 41.5 Å². The standard InChI is InChI=1S/C23H25FN2O6/c1-29-11-5-10-26-22(27)19(14-6-8-15(24)9-7-14)20(23(26)28)25-16-12-17(30-2)21(32-4)18(13-16)31-3/h6-9,12-13,25H,5,10-11H2,1-4H3. The average Bonchev–Trinajstić information content (AvgIpc) is 3.03. The Bertz CT molecular complexity index is 1010. The number of methoxy groups -OCH3 is 4. The maximum Gasteiger partial charge on any atom is 0.278 e. The van der Waals surface area contributed by atoms with Crippen molar-refractivity contribution in [3.8, 4) is 17.2 Å². The van der Waals surface area contributed by atoms with E-state index < -0.39 is 17.6 Å². The Balaban J connectivity index is 2.05. The molecule has 2 aromatic carbocycles. The summed E-state index contributed by atoms with van der Waals surface area (Å²) in [5, 5.41) is 3.03. The fraction of sp³-hybridized carbons (Fsp3) is 0.304. The monoisotopic (exact) mass is 444 g/mol. The highest BCUT2D eigenvalue weighted by atomic mass is 19.1. The van der Waals surface area contributed by atoms with Gasteiger partial charge in [-0.05, 0) is 24.1 Å². The van der Waals surface area contributed by atoms with Crippen LogP contribution in [0.5, 0.6) is 17.2 Å². The maximum absolute atomic E-state index is 13.5. The third-order valence-corrected chi connectivity index (χ3v) is 4.97. The van der Waals surface area contributed by atoms with Crippen molar-refractivity contribution in [2.45, 2.75) is 6.42 Å². The second-order valence-electron chi connectivity index (χ2n) is 6.90. The number of halogens is 1. The topological polar surface area (TPSA) is 86.3 Å². The second-order valence-corrected chi connectivity index (χ2v) is 6.90. The smallest absolute Gasteiger partial charge is 0.278 e. The quantitative estimate of drug-likeness (QED) is 0.445. The Morgan fingerprint density at radius 3 is 2.06 bits per heavy atom. The summed E-state index contributed by atoms with van der Waals surface area (Å²) >= 11 is 0. The van der Waals surface area contributed by atoms with Crippen LogP contribution in [-0.4, -0.2) is 58.3 Å². The summed E-state index contributed by atoms with van der Waals surface area (Å²) in [4.78, 5) is 27.5. The zero-order valence-electron chi connectivity index (χ0n) is 18.4. The summed E-state index contributed by atoms with van der Waals surface area (Å²) in [5.74, 6) is -0.239. The van der Waals surface area contributed by atoms with Crippen LogP contribution in [0.3, 0.4) is 0 Å². The van der Waals surface area contributed by atoms with E-state index >= 15 is 0 Å². The van der Waals surface area contributed by atoms with Gasteiger partial charge in [0.15, 0.2) is 11.5 Å². The van der Waals surface area contributed by atoms with Crippen molar-refractivity contribution >= 4 is 23.1 Å². The molecule has 0 aromatic heterocycles. The number of imide groups is 1. The number of hydrogen-bond donors (Lipinski definition) is 1. The first-order valence-corrected chi connectivity index (χ1v) is 9.87. The molecular weight excluding hydrogens is 419 g/mol. The van der Waals surface area contributed by atoms with E-state index in [1.165, 1.54) is 45.6 Å². The van der Waals surface area contributed by atoms with Crippen LogP contribution in [0.1, 0.15) is 12.0 Å². The third-order valence-electron chi connectivity index (χ3n) is 4.97. The van der Waals surface area contributed by atoms with Gasteiger partial charge in [-0.2, -0.15) is 0 Å². The summed E-state index contributed by atoms with van der Waals surface area (Å²) < 4.78 is 34.6. The van der Waals surface area contributed by atoms with Crippen LogP contribution in [-0.2, 0) is 14.3 Å². The highest BCUT2D eigenvalue weighted by Crippen LogP contribution is 2.41. The molecule has 0 fully saturated rings. The summed E-state index contributed by atoms with van der Waals surface area (Å²) in [6, 6.07) is 8.66. The van der Waals surface area contributed by atoms with E-state index in [0.717, 1.165) is 4.90 Å². The molecule has 8 nitrogen and oxygen atoms in total. The predicted molar refractivity (Wildman–Crippen MR) is 116 cm³/mol. The van der Waals surface area contributed by atoms with Crippen molar-refractivity contribution in [1.82, 2.24) is 4.90 Å². The summed E-state index contributed by atoms with van der Waals surface area (Å²) in [6.45, 7) is 0.592. The molecular formula is C23H25FN2O6. The van der Waals surface area contributed by atoms with Gasteiger partial charge in [-0.3, -0.25) is 14.5 Å². The van der Waals surface area contributed by atoms with Gasteiger partial charge in [0.05, 0.1) is 26.9 Å². The third kappa shape index (κ3) is 4.52. The van der Waals surface area contributed by atoms with Crippen molar-refractivity contribution in [2.75, 3.05) is 46.9 Å². The minimum Gasteiger partial charge on any atom is -0.493 e. The average molecular weight is 444 g/mol. The van der Waals surface area contributed by atoms with E-state index in [4.69, 9.17) is 18.9 Å². The lowest BCUT2D eigenvalue weighted by atomic mass is 10.0. The number of nitrogens with one attached hydrogen (secondary N) is 1. The highest BCUT2D eigenvalue weighted by Gasteiger charge is 2.39. The van der Waals surface area contributed by atoms with Crippen molar-refractivity contribution in [3.05, 3.63) is 53.5 Å². The van der Waals surface area contributed by atoms with Gasteiger partial charge in [-0.15, -0.1) is 0 Å². The van der Waals surface area contributed by atoms with E-state index in [-0.39, 0.29) is 17.8 Å². The summed E-state index contributed by atoms with van der Waals surface area (Å²) in [5.41, 5.74) is 1.11. The Hall–Kier alpha value is -3.59. The fourth-order valence-electron chi connectivity index (χ4n) is 3.44. The van der Waals surface area contributed by atoms with Gasteiger partial charge in [0, 0.05) is 38.1 Å². The maximum atomic E-state index is 13.5. The van der Waals surface area contributed by atoms with Gasteiger partial charge in [-0.1, -0.05) is 12.1 Å². The molecule has 0 bridgehead atoms. The van der Waals surface area contributed by atoms with Gasteiger partial charge < -0.3 is 24.3 Å². The molecule has 0 saturated carbocycles. The normalized spacial score (nSPS) is 13.6. The number of benzene rings is 2. The zero-order valence-corrected chi connectivity index (χ0v) is 18.4. The Morgan fingerprint density at radius 1 is 0.906 bits per heavy atom. The van der Waals surface area contributed by atoms with Crippen LogP contribution in [0, 0.1) is 5.82 Å². The molecule has 0 atom stereocenters. The first-order valence-electron chi connectivity index (χ1n) is 9.87. The number of rotatable bonds is 10. The SMILES string of the molecule is COCCCN1C(=O)C(Nc2cc(OC)c(OC)c(OC)c2)=C(c2ccc(F)cc2)C1=O. The predicted octanol–water partition coefficient (Wildman–Crippen LogP) is 3.08. The molecule has 0 aliphatic carbocycles. The van der Waals surface area contributed by atoms with Crippen molar-refractivity contribution in [3.63, 3.8) is 0 Å². The Morgan fingerprint density at radius 2 is 1.53 bits per heavy atom. The number of carbonyl (C=O) groups is 2. The minimum absolute atomic E-state index is 0.0771. The van der Waals surface area contributed by atoms with Gasteiger partial charge in [0.25, 0.3) is 11.8 Å². The van der Waals surface area contributed by atoms with E-state index in [2.05, 4.69) is 5.32 Å². The van der Waals surface area contributed by atoms with Crippen LogP contribution in [0.15, 0.2) is 42.1 Å². The largest absolute Gasteiger partial charge is 0.493 e. The number of amides is 2. The first-order chi connectivity index (χ1) is 15.4. The highest BCUT2D eigenvalue weighted by molar-refractivity contribution is 6.36. The van der Waals surface area contributed by atoms with Gasteiger partial charge >= 0.3 is 0 Å². The molecule has 1 N–H and O–H groups in total. The van der Waals surface area contributed by atoms with Crippen LogP contribution in [0.25, 0.3) is 5.57 Å². The van der Waals surface area contributed by atoms with Crippen molar-refractivity contribution in [1.29, 1.82) is 0 Å². The van der Waals surface area contributed by atoms with Crippen LogP contribution in [0.2, 0.25) is 0 Å². The van der Waals surface area contributed by atoms with Gasteiger partial charge in [0.1, 0.15) is 11.5 Å². The molecule has 9 heteroatoms. The number of hydrogen-bond acceptors (Lipinski definition) is 7. The molecule has 32 heavy (non-hydrogen) atoms. The molecule has 170 valence electrons. The minimum atomic E-state index is -0.487. The molecule has 0 spiro atoms. The Kier molecular flexibility index (Phi) is 7.32. The van der Waals surface area contributed by atoms with E-state index in [1.807, 2.05) is 0 Å². The lowest BCUT2D eigenvalue weighted by molar-refractivity contribution is -0.137. The number of anilines is 1. The lowest BCUT2D eigenvalue weighted by Gasteiger charge is -2.16. The van der Waals surface area contributed by atoms with E-state index in [1.54, 1.807) is 19.2 Å². The van der Waals surface area contributed by atoms with E-state index in [9.17, 15) is 14.0 Å². The number of ether oxygens (including phenoxy) is 4. The molecule has 1 aliphatic heterocycles. The molecule has 1 aliphatic rings. The molecule has 0 saturated heterocycles. The molecule has 2 aromatic rings. The molecule has 0 unspecified atom stereocenters. The van der Waals surface area contributed by atoms with Gasteiger partial charge in [-0.25, -0.2) is 4.39 Å². The molecule has 2 amide bonds. The fourth-order valence-corrected chi connectivity index (χ4v) is 3.44. The number of nitrogens with zero attached hydrogens (tertiary/aromatic N) is 1. The van der Waals surface area contributed by atoms with Crippen LogP contribution < -0.4 is 19.5 Å². The Labute approximate surface area is 185 Å². The molecule has 3 rings (SSSR count). The second kappa shape index (κ2) is 10.1. The number of carbonyl (C=O) groups excluding carboxylic acids is 2. The molecule has 1 heterocycles. The zero-order chi connectivity index (χ0) is 23.3. The van der Waals surface area contributed by atoms with Crippen LogP contribution >= 0.6 is 0 Å². The van der Waals surface area contributed by atoms with Crippen molar-refractivity contribution < 1.29 is 32.9 Å². The van der Waals surface area contributed by atoms with Crippen molar-refractivity contribution in [2.24, 2.45) is 0 Å². The first kappa shape index (κ1) is 23.1. The molecule has 0 radical (unpaired) electrons.